The first-order chi connectivity index (χ1) is 8.99. The fourth-order valence-electron chi connectivity index (χ4n) is 2.67. The monoisotopic (exact) mass is 326 g/mol. The van der Waals surface area contributed by atoms with Crippen LogP contribution in [0.25, 0.3) is 0 Å². The van der Waals surface area contributed by atoms with E-state index in [0.717, 1.165) is 10.0 Å². The highest BCUT2D eigenvalue weighted by Crippen LogP contribution is 2.29. The molecule has 2 rings (SSSR count). The number of aliphatic hydroxyl groups excluding tert-OH is 1. The van der Waals surface area contributed by atoms with E-state index in [-0.39, 0.29) is 0 Å². The third-order valence-corrected chi connectivity index (χ3v) is 4.76. The van der Waals surface area contributed by atoms with Crippen molar-refractivity contribution < 1.29 is 5.11 Å². The quantitative estimate of drug-likeness (QED) is 0.924. The van der Waals surface area contributed by atoms with Gasteiger partial charge in [-0.15, -0.1) is 0 Å². The highest BCUT2D eigenvalue weighted by Gasteiger charge is 2.21. The third-order valence-electron chi connectivity index (χ3n) is 4.08. The van der Waals surface area contributed by atoms with Gasteiger partial charge in [-0.25, -0.2) is 0 Å². The molecular formula is C15H23BrN2O. The molecule has 106 valence electrons. The summed E-state index contributed by atoms with van der Waals surface area (Å²) < 4.78 is 0.986. The Morgan fingerprint density at radius 2 is 2.00 bits per heavy atom. The van der Waals surface area contributed by atoms with E-state index in [9.17, 15) is 5.11 Å². The zero-order valence-corrected chi connectivity index (χ0v) is 13.5. The average molecular weight is 327 g/mol. The zero-order valence-electron chi connectivity index (χ0n) is 11.9. The molecule has 19 heavy (non-hydrogen) atoms. The molecule has 4 heteroatoms. The van der Waals surface area contributed by atoms with Gasteiger partial charge in [-0.1, -0.05) is 22.0 Å². The fraction of sp³-hybridized carbons (Fsp3) is 0.600. The molecule has 0 aliphatic carbocycles. The molecule has 1 fully saturated rings. The van der Waals surface area contributed by atoms with Gasteiger partial charge in [0.15, 0.2) is 0 Å². The SMILES string of the molecule is C[C@H](O)c1ccc(N(C)C2CCN(C)CC2)cc1Br. The van der Waals surface area contributed by atoms with Crippen molar-refractivity contribution in [1.29, 1.82) is 0 Å². The molecule has 0 amide bonds. The summed E-state index contributed by atoms with van der Waals surface area (Å²) in [4.78, 5) is 4.75. The van der Waals surface area contributed by atoms with Crippen LogP contribution in [0, 0.1) is 0 Å². The molecule has 1 aromatic rings. The number of halogens is 1. The molecule has 0 bridgehead atoms. The summed E-state index contributed by atoms with van der Waals surface area (Å²) in [5.41, 5.74) is 2.16. The largest absolute Gasteiger partial charge is 0.389 e. The molecule has 1 heterocycles. The Morgan fingerprint density at radius 3 is 2.53 bits per heavy atom. The maximum Gasteiger partial charge on any atom is 0.0772 e. The lowest BCUT2D eigenvalue weighted by Crippen LogP contribution is -2.42. The molecule has 1 aliphatic heterocycles. The average Bonchev–Trinajstić information content (AvgIpc) is 2.38. The van der Waals surface area contributed by atoms with Crippen molar-refractivity contribution >= 4 is 21.6 Å². The van der Waals surface area contributed by atoms with Gasteiger partial charge in [0, 0.05) is 23.2 Å². The number of benzene rings is 1. The number of nitrogens with zero attached hydrogens (tertiary/aromatic N) is 2. The molecular weight excluding hydrogens is 304 g/mol. The van der Waals surface area contributed by atoms with E-state index >= 15 is 0 Å². The molecule has 0 saturated carbocycles. The Morgan fingerprint density at radius 1 is 1.37 bits per heavy atom. The minimum atomic E-state index is -0.433. The second-order valence-electron chi connectivity index (χ2n) is 5.53. The first-order valence-electron chi connectivity index (χ1n) is 6.88. The Bertz CT molecular complexity index is 428. The van der Waals surface area contributed by atoms with Crippen molar-refractivity contribution in [1.82, 2.24) is 4.90 Å². The van der Waals surface area contributed by atoms with Gasteiger partial charge in [0.25, 0.3) is 0 Å². The summed E-state index contributed by atoms with van der Waals surface area (Å²) in [6.07, 6.45) is 1.99. The molecule has 1 saturated heterocycles. The summed E-state index contributed by atoms with van der Waals surface area (Å²) in [6, 6.07) is 6.83. The Kier molecular flexibility index (Phi) is 4.87. The lowest BCUT2D eigenvalue weighted by Gasteiger charge is -2.36. The molecule has 1 N–H and O–H groups in total. The molecule has 0 spiro atoms. The minimum absolute atomic E-state index is 0.433. The summed E-state index contributed by atoms with van der Waals surface area (Å²) in [6.45, 7) is 4.13. The summed E-state index contributed by atoms with van der Waals surface area (Å²) in [5.74, 6) is 0. The van der Waals surface area contributed by atoms with Crippen LogP contribution >= 0.6 is 15.9 Å². The lowest BCUT2D eigenvalue weighted by molar-refractivity contribution is 0.198. The normalized spacial score (nSPS) is 19.4. The Hall–Kier alpha value is -0.580. The van der Waals surface area contributed by atoms with Crippen LogP contribution in [0.5, 0.6) is 0 Å². The predicted molar refractivity (Wildman–Crippen MR) is 83.7 cm³/mol. The van der Waals surface area contributed by atoms with Crippen molar-refractivity contribution in [3.63, 3.8) is 0 Å². The topological polar surface area (TPSA) is 26.7 Å². The first kappa shape index (κ1) is 14.8. The number of piperidine rings is 1. The lowest BCUT2D eigenvalue weighted by atomic mass is 10.0. The van der Waals surface area contributed by atoms with Gasteiger partial charge in [0.05, 0.1) is 6.10 Å². The minimum Gasteiger partial charge on any atom is -0.389 e. The van der Waals surface area contributed by atoms with Crippen LogP contribution in [-0.4, -0.2) is 43.2 Å². The van der Waals surface area contributed by atoms with Crippen LogP contribution in [0.15, 0.2) is 22.7 Å². The summed E-state index contributed by atoms with van der Waals surface area (Å²) >= 11 is 3.55. The summed E-state index contributed by atoms with van der Waals surface area (Å²) in [5, 5.41) is 9.66. The van der Waals surface area contributed by atoms with E-state index in [4.69, 9.17) is 0 Å². The number of rotatable bonds is 3. The van der Waals surface area contributed by atoms with Crippen molar-refractivity contribution in [2.24, 2.45) is 0 Å². The summed E-state index contributed by atoms with van der Waals surface area (Å²) in [7, 11) is 4.35. The first-order valence-corrected chi connectivity index (χ1v) is 7.67. The Labute approximate surface area is 124 Å². The number of aliphatic hydroxyl groups is 1. The standard InChI is InChI=1S/C15H23BrN2O/c1-11(19)14-5-4-13(10-15(14)16)18(3)12-6-8-17(2)9-7-12/h4-5,10-12,19H,6-9H2,1-3H3/t11-/m0/s1. The van der Waals surface area contributed by atoms with Gasteiger partial charge in [-0.2, -0.15) is 0 Å². The van der Waals surface area contributed by atoms with Crippen LogP contribution in [0.1, 0.15) is 31.4 Å². The van der Waals surface area contributed by atoms with Crippen LogP contribution in [0.4, 0.5) is 5.69 Å². The molecule has 0 aromatic heterocycles. The van der Waals surface area contributed by atoms with Crippen molar-refractivity contribution in [3.8, 4) is 0 Å². The molecule has 0 radical (unpaired) electrons. The molecule has 1 aliphatic rings. The molecule has 1 atom stereocenters. The number of anilines is 1. The highest BCUT2D eigenvalue weighted by molar-refractivity contribution is 9.10. The Balaban J connectivity index is 2.11. The second-order valence-corrected chi connectivity index (χ2v) is 6.38. The maximum atomic E-state index is 9.66. The van der Waals surface area contributed by atoms with Crippen LogP contribution in [0.3, 0.4) is 0 Å². The number of likely N-dealkylation sites (tertiary alicyclic amines) is 1. The van der Waals surface area contributed by atoms with E-state index < -0.39 is 6.10 Å². The van der Waals surface area contributed by atoms with E-state index in [1.165, 1.54) is 31.6 Å². The van der Waals surface area contributed by atoms with Gasteiger partial charge < -0.3 is 14.9 Å². The smallest absolute Gasteiger partial charge is 0.0772 e. The van der Waals surface area contributed by atoms with E-state index in [1.807, 2.05) is 6.07 Å². The number of hydrogen-bond acceptors (Lipinski definition) is 3. The van der Waals surface area contributed by atoms with Crippen LogP contribution in [-0.2, 0) is 0 Å². The van der Waals surface area contributed by atoms with E-state index in [2.05, 4.69) is 52.0 Å². The van der Waals surface area contributed by atoms with Gasteiger partial charge in [-0.05, 0) is 57.6 Å². The third kappa shape index (κ3) is 3.50. The predicted octanol–water partition coefficient (Wildman–Crippen LogP) is 3.03. The van der Waals surface area contributed by atoms with Crippen molar-refractivity contribution in [3.05, 3.63) is 28.2 Å². The second kappa shape index (κ2) is 6.25. The molecule has 1 aromatic carbocycles. The van der Waals surface area contributed by atoms with Gasteiger partial charge in [-0.3, -0.25) is 0 Å². The number of hydrogen-bond donors (Lipinski definition) is 1. The van der Waals surface area contributed by atoms with Crippen molar-refractivity contribution in [2.75, 3.05) is 32.1 Å². The van der Waals surface area contributed by atoms with Crippen LogP contribution in [0.2, 0.25) is 0 Å². The van der Waals surface area contributed by atoms with Crippen LogP contribution < -0.4 is 4.90 Å². The fourth-order valence-corrected chi connectivity index (χ4v) is 3.37. The molecule has 3 nitrogen and oxygen atoms in total. The van der Waals surface area contributed by atoms with Gasteiger partial charge in [0.2, 0.25) is 0 Å². The molecule has 0 unspecified atom stereocenters. The van der Waals surface area contributed by atoms with Crippen molar-refractivity contribution in [2.45, 2.75) is 31.9 Å². The van der Waals surface area contributed by atoms with Gasteiger partial charge in [0.1, 0.15) is 0 Å². The highest BCUT2D eigenvalue weighted by atomic mass is 79.9. The maximum absolute atomic E-state index is 9.66. The zero-order chi connectivity index (χ0) is 14.0. The van der Waals surface area contributed by atoms with E-state index in [1.54, 1.807) is 6.92 Å². The van der Waals surface area contributed by atoms with Gasteiger partial charge >= 0.3 is 0 Å². The van der Waals surface area contributed by atoms with E-state index in [0.29, 0.717) is 6.04 Å².